The van der Waals surface area contributed by atoms with Crippen molar-refractivity contribution >= 4 is 23.3 Å². The molecule has 0 saturated carbocycles. The second-order valence-corrected chi connectivity index (χ2v) is 8.54. The number of fused-ring (bicyclic) bond motifs is 3. The molecule has 1 saturated heterocycles. The number of cyclic esters (lactones) is 1. The van der Waals surface area contributed by atoms with Crippen molar-refractivity contribution in [1.29, 1.82) is 0 Å². The molecule has 1 N–H and O–H groups in total. The van der Waals surface area contributed by atoms with E-state index in [9.17, 15) is 14.7 Å². The van der Waals surface area contributed by atoms with Crippen molar-refractivity contribution in [3.8, 4) is 11.1 Å². The van der Waals surface area contributed by atoms with Crippen molar-refractivity contribution < 1.29 is 28.7 Å². The molecule has 172 valence electrons. The number of amides is 1. The lowest BCUT2D eigenvalue weighted by Gasteiger charge is -2.16. The summed E-state index contributed by atoms with van der Waals surface area (Å²) < 4.78 is 20.6. The molecule has 33 heavy (non-hydrogen) atoms. The number of ketones is 1. The zero-order valence-electron chi connectivity index (χ0n) is 18.2. The number of rotatable bonds is 7. The predicted octanol–water partition coefficient (Wildman–Crippen LogP) is 3.38. The maximum absolute atomic E-state index is 15.1. The number of halogens is 1. The average molecular weight is 453 g/mol. The van der Waals surface area contributed by atoms with Crippen LogP contribution in [0.5, 0.6) is 0 Å². The van der Waals surface area contributed by atoms with Crippen LogP contribution in [-0.2, 0) is 20.8 Å². The molecule has 8 nitrogen and oxygen atoms in total. The molecule has 3 aliphatic rings. The van der Waals surface area contributed by atoms with E-state index >= 15 is 4.39 Å². The molecule has 3 atom stereocenters. The molecule has 0 unspecified atom stereocenters. The molecule has 1 amide bonds. The summed E-state index contributed by atoms with van der Waals surface area (Å²) in [6.07, 6.45) is 2.64. The normalized spacial score (nSPS) is 23.1. The van der Waals surface area contributed by atoms with Gasteiger partial charge < -0.3 is 14.7 Å². The summed E-state index contributed by atoms with van der Waals surface area (Å²) in [4.78, 5) is 35.2. The number of Topliss-reactive ketones (excluding diaryl/α,β-unsaturated/α-hetero) is 1. The molecule has 1 aromatic carbocycles. The van der Waals surface area contributed by atoms with Gasteiger partial charge in [-0.05, 0) is 36.6 Å². The Balaban J connectivity index is 1.37. The van der Waals surface area contributed by atoms with E-state index in [1.165, 1.54) is 11.0 Å². The van der Waals surface area contributed by atoms with Gasteiger partial charge in [-0.2, -0.15) is 0 Å². The Labute approximate surface area is 190 Å². The smallest absolute Gasteiger partial charge is 0.415 e. The lowest BCUT2D eigenvalue weighted by molar-refractivity contribution is -0.119. The minimum absolute atomic E-state index is 0.118. The van der Waals surface area contributed by atoms with E-state index in [0.717, 1.165) is 5.56 Å². The second-order valence-electron chi connectivity index (χ2n) is 8.54. The molecule has 0 aliphatic carbocycles. The number of aliphatic hydroxyl groups is 1. The summed E-state index contributed by atoms with van der Waals surface area (Å²) in [5.41, 5.74) is 3.65. The van der Waals surface area contributed by atoms with Crippen LogP contribution in [0.15, 0.2) is 35.6 Å². The first-order valence-corrected chi connectivity index (χ1v) is 11.1. The van der Waals surface area contributed by atoms with E-state index in [2.05, 4.69) is 10.1 Å². The minimum Gasteiger partial charge on any atom is -0.444 e. The second kappa shape index (κ2) is 8.55. The topological polar surface area (TPSA) is 101 Å². The van der Waals surface area contributed by atoms with Gasteiger partial charge in [-0.15, -0.1) is 0 Å². The van der Waals surface area contributed by atoms with E-state index in [1.807, 2.05) is 6.92 Å². The van der Waals surface area contributed by atoms with Crippen LogP contribution in [0.25, 0.3) is 11.1 Å². The number of anilines is 1. The number of nitrogens with zero attached hydrogens (tertiary/aromatic N) is 3. The van der Waals surface area contributed by atoms with E-state index in [-0.39, 0.29) is 30.6 Å². The number of aliphatic hydroxyl groups excluding tert-OH is 1. The first kappa shape index (κ1) is 21.5. The Morgan fingerprint density at radius 1 is 1.30 bits per heavy atom. The van der Waals surface area contributed by atoms with Crippen LogP contribution in [0.2, 0.25) is 0 Å². The Hall–Kier alpha value is -3.33. The Morgan fingerprint density at radius 2 is 2.15 bits per heavy atom. The maximum atomic E-state index is 15.1. The number of carbonyl (C=O) groups excluding carboxylic acids is 2. The van der Waals surface area contributed by atoms with Crippen molar-refractivity contribution in [2.45, 2.75) is 57.3 Å². The van der Waals surface area contributed by atoms with Gasteiger partial charge >= 0.3 is 6.09 Å². The largest absolute Gasteiger partial charge is 0.444 e. The van der Waals surface area contributed by atoms with E-state index in [4.69, 9.17) is 9.57 Å². The first-order chi connectivity index (χ1) is 16.0. The van der Waals surface area contributed by atoms with Crippen LogP contribution in [0.3, 0.4) is 0 Å². The van der Waals surface area contributed by atoms with E-state index < -0.39 is 11.9 Å². The third-order valence-electron chi connectivity index (χ3n) is 6.48. The van der Waals surface area contributed by atoms with Crippen LogP contribution >= 0.6 is 0 Å². The van der Waals surface area contributed by atoms with Crippen LogP contribution < -0.4 is 4.90 Å². The Kier molecular flexibility index (Phi) is 5.57. The molecule has 4 heterocycles. The average Bonchev–Trinajstić information content (AvgIpc) is 3.52. The third-order valence-corrected chi connectivity index (χ3v) is 6.48. The van der Waals surface area contributed by atoms with E-state index in [0.29, 0.717) is 60.3 Å². The summed E-state index contributed by atoms with van der Waals surface area (Å²) in [7, 11) is 0. The third kappa shape index (κ3) is 3.86. The fourth-order valence-corrected chi connectivity index (χ4v) is 4.64. The zero-order chi connectivity index (χ0) is 23.1. The molecule has 0 bridgehead atoms. The fourth-order valence-electron chi connectivity index (χ4n) is 4.64. The van der Waals surface area contributed by atoms with Crippen molar-refractivity contribution in [2.75, 3.05) is 11.5 Å². The van der Waals surface area contributed by atoms with Gasteiger partial charge in [-0.1, -0.05) is 18.1 Å². The summed E-state index contributed by atoms with van der Waals surface area (Å²) in [6.45, 7) is 1.69. The standard InChI is InChI=1S/C24H24FN3O5/c1-2-15(30)4-6-23-22-8-14-7-17(18(25)10-21(14)28(22)24(31)32-23)13-3-5-19(26-11-13)20-9-16(12-29)33-27-20/h3,5,7,10-11,16,22-23,29H,2,4,6,8-9,12H2,1H3/t16-,22-,23-/m0/s1. The predicted molar refractivity (Wildman–Crippen MR) is 118 cm³/mol. The number of benzene rings is 1. The number of pyridine rings is 1. The molecular weight excluding hydrogens is 429 g/mol. The SMILES string of the molecule is CCC(=O)CC[C@@H]1OC(=O)N2c3cc(F)c(-c4ccc(C5=NO[C@H](CO)C5)nc4)cc3C[C@@H]12. The quantitative estimate of drug-likeness (QED) is 0.690. The number of aromatic nitrogens is 1. The highest BCUT2D eigenvalue weighted by Gasteiger charge is 2.47. The van der Waals surface area contributed by atoms with Crippen molar-refractivity contribution in [1.82, 2.24) is 4.98 Å². The van der Waals surface area contributed by atoms with Gasteiger partial charge in [-0.25, -0.2) is 9.18 Å². The minimum atomic E-state index is -0.494. The van der Waals surface area contributed by atoms with Crippen LogP contribution in [0, 0.1) is 5.82 Å². The summed E-state index contributed by atoms with van der Waals surface area (Å²) in [5.74, 6) is -0.324. The van der Waals surface area contributed by atoms with Gasteiger partial charge in [0.05, 0.1) is 24.0 Å². The monoisotopic (exact) mass is 453 g/mol. The first-order valence-electron chi connectivity index (χ1n) is 11.1. The highest BCUT2D eigenvalue weighted by molar-refractivity contribution is 6.00. The van der Waals surface area contributed by atoms with Crippen LogP contribution in [0.4, 0.5) is 14.9 Å². The summed E-state index contributed by atoms with van der Waals surface area (Å²) in [6, 6.07) is 6.43. The van der Waals surface area contributed by atoms with Crippen LogP contribution in [0.1, 0.15) is 43.9 Å². The van der Waals surface area contributed by atoms with E-state index in [1.54, 1.807) is 24.4 Å². The van der Waals surface area contributed by atoms with Gasteiger partial charge in [-0.3, -0.25) is 14.7 Å². The number of oxime groups is 1. The Morgan fingerprint density at radius 3 is 2.85 bits per heavy atom. The number of carbonyl (C=O) groups is 2. The van der Waals surface area contributed by atoms with Gasteiger partial charge in [0.2, 0.25) is 0 Å². The highest BCUT2D eigenvalue weighted by atomic mass is 19.1. The molecule has 5 rings (SSSR count). The molecular formula is C24H24FN3O5. The summed E-state index contributed by atoms with van der Waals surface area (Å²) >= 11 is 0. The van der Waals surface area contributed by atoms with Crippen LogP contribution in [-0.4, -0.2) is 52.5 Å². The zero-order valence-corrected chi connectivity index (χ0v) is 18.2. The lowest BCUT2D eigenvalue weighted by Crippen LogP contribution is -2.33. The van der Waals surface area contributed by atoms with Gasteiger partial charge in [0, 0.05) is 36.6 Å². The maximum Gasteiger partial charge on any atom is 0.415 e. The van der Waals surface area contributed by atoms with Crippen molar-refractivity contribution in [3.05, 3.63) is 47.5 Å². The molecule has 2 aromatic rings. The molecule has 3 aliphatic heterocycles. The lowest BCUT2D eigenvalue weighted by atomic mass is 9.98. The number of hydrogen-bond donors (Lipinski definition) is 1. The molecule has 1 aromatic heterocycles. The van der Waals surface area contributed by atoms with Gasteiger partial charge in [0.15, 0.2) is 6.10 Å². The Bertz CT molecular complexity index is 1130. The molecule has 9 heteroatoms. The highest BCUT2D eigenvalue weighted by Crippen LogP contribution is 2.42. The molecule has 0 spiro atoms. The molecule has 0 radical (unpaired) electrons. The number of ether oxygens (including phenoxy) is 1. The van der Waals surface area contributed by atoms with Gasteiger partial charge in [0.25, 0.3) is 0 Å². The molecule has 1 fully saturated rings. The van der Waals surface area contributed by atoms with Gasteiger partial charge in [0.1, 0.15) is 23.4 Å². The van der Waals surface area contributed by atoms with Crippen molar-refractivity contribution in [2.24, 2.45) is 5.16 Å². The number of hydrogen-bond acceptors (Lipinski definition) is 7. The van der Waals surface area contributed by atoms with Crippen molar-refractivity contribution in [3.63, 3.8) is 0 Å². The fraction of sp³-hybridized carbons (Fsp3) is 0.417. The summed E-state index contributed by atoms with van der Waals surface area (Å²) in [5, 5.41) is 13.1.